The van der Waals surface area contributed by atoms with Crippen molar-refractivity contribution in [2.75, 3.05) is 13.2 Å². The molecule has 0 spiro atoms. The predicted molar refractivity (Wildman–Crippen MR) is 86.6 cm³/mol. The van der Waals surface area contributed by atoms with Crippen molar-refractivity contribution < 1.29 is 19.1 Å². The largest absolute Gasteiger partial charge is 0.457 e. The summed E-state index contributed by atoms with van der Waals surface area (Å²) in [5.74, 6) is -0.743. The van der Waals surface area contributed by atoms with E-state index in [1.165, 1.54) is 0 Å². The van der Waals surface area contributed by atoms with E-state index in [2.05, 4.69) is 0 Å². The first-order valence-corrected chi connectivity index (χ1v) is 8.58. The van der Waals surface area contributed by atoms with Gasteiger partial charge in [-0.25, -0.2) is 0 Å². The van der Waals surface area contributed by atoms with E-state index in [1.807, 2.05) is 0 Å². The summed E-state index contributed by atoms with van der Waals surface area (Å²) in [4.78, 5) is 24.1. The van der Waals surface area contributed by atoms with Crippen LogP contribution in [0.4, 0.5) is 0 Å². The molecule has 0 aromatic heterocycles. The summed E-state index contributed by atoms with van der Waals surface area (Å²) in [6.45, 7) is 0.426. The average Bonchev–Trinajstić information content (AvgIpc) is 3.37. The van der Waals surface area contributed by atoms with Crippen molar-refractivity contribution in [1.29, 1.82) is 0 Å². The molecular formula is C17H18Cl2O4. The zero-order valence-corrected chi connectivity index (χ0v) is 14.1. The Morgan fingerprint density at radius 3 is 2.70 bits per heavy atom. The Hall–Kier alpha value is -1.10. The lowest BCUT2D eigenvalue weighted by Gasteiger charge is -2.31. The molecule has 1 saturated carbocycles. The third kappa shape index (κ3) is 4.06. The molecule has 6 heteroatoms. The van der Waals surface area contributed by atoms with E-state index in [1.54, 1.807) is 18.2 Å². The van der Waals surface area contributed by atoms with E-state index in [4.69, 9.17) is 32.7 Å². The molecule has 0 bridgehead atoms. The van der Waals surface area contributed by atoms with Gasteiger partial charge in [0, 0.05) is 28.1 Å². The van der Waals surface area contributed by atoms with Crippen molar-refractivity contribution >= 4 is 35.0 Å². The molecule has 0 unspecified atom stereocenters. The predicted octanol–water partition coefficient (Wildman–Crippen LogP) is 3.98. The summed E-state index contributed by atoms with van der Waals surface area (Å²) in [6.07, 6.45) is 2.78. The third-order valence-electron chi connectivity index (χ3n) is 4.28. The molecule has 3 rings (SSSR count). The number of rotatable bonds is 5. The van der Waals surface area contributed by atoms with E-state index in [-0.39, 0.29) is 18.3 Å². The van der Waals surface area contributed by atoms with Crippen LogP contribution in [0.1, 0.15) is 37.4 Å². The highest BCUT2D eigenvalue weighted by molar-refractivity contribution is 6.35. The third-order valence-corrected chi connectivity index (χ3v) is 4.85. The Morgan fingerprint density at radius 2 is 2.00 bits per heavy atom. The Labute approximate surface area is 145 Å². The first-order chi connectivity index (χ1) is 11.1. The molecule has 1 aliphatic carbocycles. The summed E-state index contributed by atoms with van der Waals surface area (Å²) < 4.78 is 11.0. The smallest absolute Gasteiger partial charge is 0.312 e. The highest BCUT2D eigenvalue weighted by Gasteiger charge is 2.36. The number of halogens is 2. The molecule has 1 aromatic carbocycles. The van der Waals surface area contributed by atoms with Crippen molar-refractivity contribution in [3.63, 3.8) is 0 Å². The van der Waals surface area contributed by atoms with E-state index in [0.717, 1.165) is 24.8 Å². The number of esters is 1. The zero-order valence-electron chi connectivity index (χ0n) is 12.6. The lowest BCUT2D eigenvalue weighted by atomic mass is 9.89. The fourth-order valence-electron chi connectivity index (χ4n) is 2.83. The minimum atomic E-state index is -0.461. The summed E-state index contributed by atoms with van der Waals surface area (Å²) >= 11 is 12.2. The van der Waals surface area contributed by atoms with Gasteiger partial charge in [-0.15, -0.1) is 0 Å². The van der Waals surface area contributed by atoms with E-state index < -0.39 is 18.0 Å². The molecule has 1 aliphatic heterocycles. The molecule has 2 aliphatic rings. The van der Waals surface area contributed by atoms with Crippen molar-refractivity contribution in [2.24, 2.45) is 11.8 Å². The number of carbonyl (C=O) groups excluding carboxylic acids is 2. The summed E-state index contributed by atoms with van der Waals surface area (Å²) in [6, 6.07) is 5.13. The van der Waals surface area contributed by atoms with Crippen LogP contribution >= 0.6 is 23.2 Å². The number of carbonyl (C=O) groups is 2. The van der Waals surface area contributed by atoms with Gasteiger partial charge in [0.2, 0.25) is 0 Å². The van der Waals surface area contributed by atoms with Gasteiger partial charge in [0.1, 0.15) is 6.61 Å². The fraction of sp³-hybridized carbons (Fsp3) is 0.529. The standard InChI is InChI=1S/C17H18Cl2O4/c18-11-5-6-12(14(19)8-11)16-13(2-1-7-22-16)17(21)23-9-15(20)10-3-4-10/h5-6,8,10,13,16H,1-4,7,9H2/t13-,16+/m1/s1. The highest BCUT2D eigenvalue weighted by atomic mass is 35.5. The Kier molecular flexibility index (Phi) is 5.24. The molecule has 2 fully saturated rings. The lowest BCUT2D eigenvalue weighted by molar-refractivity contribution is -0.161. The fourth-order valence-corrected chi connectivity index (χ4v) is 3.35. The molecule has 1 saturated heterocycles. The van der Waals surface area contributed by atoms with Crippen LogP contribution in [0.25, 0.3) is 0 Å². The van der Waals surface area contributed by atoms with Crippen molar-refractivity contribution in [2.45, 2.75) is 31.8 Å². The van der Waals surface area contributed by atoms with Crippen LogP contribution in [0.5, 0.6) is 0 Å². The molecule has 4 nitrogen and oxygen atoms in total. The number of ketones is 1. The van der Waals surface area contributed by atoms with Crippen LogP contribution in [0.3, 0.4) is 0 Å². The van der Waals surface area contributed by atoms with Gasteiger partial charge >= 0.3 is 5.97 Å². The SMILES string of the molecule is O=C(COC(=O)[C@@H]1CCCO[C@H]1c1ccc(Cl)cc1Cl)C1CC1. The van der Waals surface area contributed by atoms with Crippen molar-refractivity contribution in [3.8, 4) is 0 Å². The second-order valence-corrected chi connectivity index (χ2v) is 6.90. The molecule has 0 amide bonds. The topological polar surface area (TPSA) is 52.6 Å². The van der Waals surface area contributed by atoms with Crippen molar-refractivity contribution in [1.82, 2.24) is 0 Å². The van der Waals surface area contributed by atoms with Crippen LogP contribution in [-0.2, 0) is 19.1 Å². The van der Waals surface area contributed by atoms with Crippen LogP contribution < -0.4 is 0 Å². The van der Waals surface area contributed by atoms with Gasteiger partial charge in [-0.1, -0.05) is 29.3 Å². The first-order valence-electron chi connectivity index (χ1n) is 7.82. The van der Waals surface area contributed by atoms with E-state index in [9.17, 15) is 9.59 Å². The lowest BCUT2D eigenvalue weighted by Crippen LogP contribution is -2.32. The van der Waals surface area contributed by atoms with Crippen LogP contribution in [0.15, 0.2) is 18.2 Å². The monoisotopic (exact) mass is 356 g/mol. The van der Waals surface area contributed by atoms with Gasteiger partial charge in [-0.3, -0.25) is 9.59 Å². The maximum Gasteiger partial charge on any atom is 0.312 e. The molecule has 1 heterocycles. The van der Waals surface area contributed by atoms with E-state index >= 15 is 0 Å². The van der Waals surface area contributed by atoms with Crippen LogP contribution in [0.2, 0.25) is 10.0 Å². The van der Waals surface area contributed by atoms with Crippen LogP contribution in [-0.4, -0.2) is 25.0 Å². The van der Waals surface area contributed by atoms with Crippen LogP contribution in [0, 0.1) is 11.8 Å². The number of ether oxygens (including phenoxy) is 2. The van der Waals surface area contributed by atoms with Gasteiger partial charge in [-0.05, 0) is 37.8 Å². The molecular weight excluding hydrogens is 339 g/mol. The zero-order chi connectivity index (χ0) is 16.4. The van der Waals surface area contributed by atoms with Gasteiger partial charge in [0.15, 0.2) is 5.78 Å². The van der Waals surface area contributed by atoms with Gasteiger partial charge in [0.25, 0.3) is 0 Å². The Bertz CT molecular complexity index is 613. The molecule has 0 radical (unpaired) electrons. The molecule has 2 atom stereocenters. The van der Waals surface area contributed by atoms with Gasteiger partial charge < -0.3 is 9.47 Å². The number of hydrogen-bond acceptors (Lipinski definition) is 4. The second-order valence-electron chi connectivity index (χ2n) is 6.05. The average molecular weight is 357 g/mol. The molecule has 1 aromatic rings. The normalized spacial score (nSPS) is 24.3. The second kappa shape index (κ2) is 7.20. The highest BCUT2D eigenvalue weighted by Crippen LogP contribution is 2.38. The van der Waals surface area contributed by atoms with Gasteiger partial charge in [-0.2, -0.15) is 0 Å². The Morgan fingerprint density at radius 1 is 1.22 bits per heavy atom. The number of benzene rings is 1. The van der Waals surface area contributed by atoms with Gasteiger partial charge in [0.05, 0.1) is 12.0 Å². The maximum absolute atomic E-state index is 12.4. The molecule has 0 N–H and O–H groups in total. The molecule has 23 heavy (non-hydrogen) atoms. The number of Topliss-reactive ketones (excluding diaryl/α,β-unsaturated/α-hetero) is 1. The minimum absolute atomic E-state index is 0.0103. The van der Waals surface area contributed by atoms with E-state index in [0.29, 0.717) is 23.1 Å². The summed E-state index contributed by atoms with van der Waals surface area (Å²) in [5, 5.41) is 1.000. The van der Waals surface area contributed by atoms with Crippen molar-refractivity contribution in [3.05, 3.63) is 33.8 Å². The summed E-state index contributed by atoms with van der Waals surface area (Å²) in [5.41, 5.74) is 0.728. The first kappa shape index (κ1) is 16.7. The number of hydrogen-bond donors (Lipinski definition) is 0. The quantitative estimate of drug-likeness (QED) is 0.748. The minimum Gasteiger partial charge on any atom is -0.457 e. The Balaban J connectivity index is 1.70. The summed E-state index contributed by atoms with van der Waals surface area (Å²) in [7, 11) is 0. The molecule has 124 valence electrons. The maximum atomic E-state index is 12.4.